The van der Waals surface area contributed by atoms with Gasteiger partial charge in [0.15, 0.2) is 0 Å². The molecule has 28 heavy (non-hydrogen) atoms. The molecule has 1 aliphatic rings. The van der Waals surface area contributed by atoms with Crippen molar-refractivity contribution in [2.75, 3.05) is 4.72 Å². The number of anilines is 1. The zero-order valence-electron chi connectivity index (χ0n) is 14.9. The Morgan fingerprint density at radius 3 is 2.89 bits per heavy atom. The lowest BCUT2D eigenvalue weighted by Gasteiger charge is -2.31. The summed E-state index contributed by atoms with van der Waals surface area (Å²) in [5.74, 6) is 0.742. The highest BCUT2D eigenvalue weighted by atomic mass is 35.5. The lowest BCUT2D eigenvalue weighted by Crippen LogP contribution is -2.29. The molecule has 4 rings (SSSR count). The van der Waals surface area contributed by atoms with Gasteiger partial charge in [-0.1, -0.05) is 18.0 Å². The lowest BCUT2D eigenvalue weighted by atomic mass is 9.84. The van der Waals surface area contributed by atoms with E-state index >= 15 is 0 Å². The van der Waals surface area contributed by atoms with Crippen LogP contribution in [-0.4, -0.2) is 26.3 Å². The van der Waals surface area contributed by atoms with Crippen LogP contribution in [0.4, 0.5) is 10.2 Å². The van der Waals surface area contributed by atoms with Gasteiger partial charge in [0, 0.05) is 30.1 Å². The number of aromatic nitrogens is 4. The number of hydrogen-bond acceptors (Lipinski definition) is 6. The molecular weight excluding hydrogens is 401 g/mol. The Kier molecular flexibility index (Phi) is 5.97. The van der Waals surface area contributed by atoms with Crippen molar-refractivity contribution in [3.05, 3.63) is 59.5 Å². The predicted octanol–water partition coefficient (Wildman–Crippen LogP) is 5.22. The maximum absolute atomic E-state index is 14.6. The van der Waals surface area contributed by atoms with Gasteiger partial charge < -0.3 is 9.46 Å². The van der Waals surface area contributed by atoms with Crippen LogP contribution in [-0.2, 0) is 0 Å². The number of nitrogens with zero attached hydrogens (tertiary/aromatic N) is 3. The standard InChI is InChI=1S/C19H19ClFN5OS/c20-13-9-18(28-26-19-6-7-22-11-23-19)14(21)10-17(13)27-16-4-2-1-3-12(16)15-5-8-24-25-15/h5-12,16H,1-4H2,(H,24,25)(H,22,23,26)/t12-,16?/m0/s1. The zero-order chi connectivity index (χ0) is 19.3. The summed E-state index contributed by atoms with van der Waals surface area (Å²) in [5.41, 5.74) is 1.04. The minimum Gasteiger partial charge on any atom is -0.488 e. The van der Waals surface area contributed by atoms with E-state index in [4.69, 9.17) is 16.3 Å². The van der Waals surface area contributed by atoms with Gasteiger partial charge in [-0.3, -0.25) is 5.10 Å². The highest BCUT2D eigenvalue weighted by molar-refractivity contribution is 8.00. The molecule has 1 aliphatic carbocycles. The smallest absolute Gasteiger partial charge is 0.142 e. The van der Waals surface area contributed by atoms with E-state index in [0.717, 1.165) is 43.3 Å². The molecule has 0 spiro atoms. The van der Waals surface area contributed by atoms with Crippen LogP contribution < -0.4 is 9.46 Å². The molecular formula is C19H19ClFN5OS. The number of ether oxygens (including phenoxy) is 1. The van der Waals surface area contributed by atoms with Crippen molar-refractivity contribution in [3.63, 3.8) is 0 Å². The first-order valence-corrected chi connectivity index (χ1v) is 10.2. The van der Waals surface area contributed by atoms with E-state index in [0.29, 0.717) is 21.5 Å². The van der Waals surface area contributed by atoms with Crippen LogP contribution in [0.2, 0.25) is 5.02 Å². The summed E-state index contributed by atoms with van der Waals surface area (Å²) in [5, 5.41) is 7.45. The molecule has 2 aromatic heterocycles. The molecule has 2 heterocycles. The Bertz CT molecular complexity index is 912. The van der Waals surface area contributed by atoms with Gasteiger partial charge in [0.25, 0.3) is 0 Å². The average Bonchev–Trinajstić information content (AvgIpc) is 3.25. The van der Waals surface area contributed by atoms with Crippen LogP contribution in [0.15, 0.2) is 47.9 Å². The summed E-state index contributed by atoms with van der Waals surface area (Å²) in [4.78, 5) is 8.25. The first kappa shape index (κ1) is 19.0. The molecule has 0 saturated heterocycles. The largest absolute Gasteiger partial charge is 0.488 e. The molecule has 146 valence electrons. The van der Waals surface area contributed by atoms with Crippen molar-refractivity contribution >= 4 is 29.4 Å². The molecule has 0 bridgehead atoms. The third-order valence-corrected chi connectivity index (χ3v) is 5.88. The van der Waals surface area contributed by atoms with Crippen LogP contribution in [0.25, 0.3) is 0 Å². The number of H-pyrrole nitrogens is 1. The first-order chi connectivity index (χ1) is 13.7. The van der Waals surface area contributed by atoms with Gasteiger partial charge in [-0.2, -0.15) is 5.10 Å². The Hall–Kier alpha value is -2.32. The number of nitrogens with one attached hydrogen (secondary N) is 2. The van der Waals surface area contributed by atoms with Crippen LogP contribution in [0, 0.1) is 5.82 Å². The van der Waals surface area contributed by atoms with Gasteiger partial charge in [-0.25, -0.2) is 14.4 Å². The van der Waals surface area contributed by atoms with E-state index in [9.17, 15) is 4.39 Å². The Labute approximate surface area is 171 Å². The van der Waals surface area contributed by atoms with E-state index in [1.165, 1.54) is 12.4 Å². The predicted molar refractivity (Wildman–Crippen MR) is 107 cm³/mol. The molecule has 0 radical (unpaired) electrons. The van der Waals surface area contributed by atoms with Crippen molar-refractivity contribution in [1.29, 1.82) is 0 Å². The molecule has 9 heteroatoms. The highest BCUT2D eigenvalue weighted by Gasteiger charge is 2.30. The molecule has 0 aliphatic heterocycles. The average molecular weight is 420 g/mol. The van der Waals surface area contributed by atoms with Crippen LogP contribution >= 0.6 is 23.5 Å². The second kappa shape index (κ2) is 8.79. The fourth-order valence-corrected chi connectivity index (χ4v) is 4.31. The molecule has 2 atom stereocenters. The fourth-order valence-electron chi connectivity index (χ4n) is 3.37. The third-order valence-electron chi connectivity index (χ3n) is 4.74. The molecule has 0 amide bonds. The van der Waals surface area contributed by atoms with Crippen molar-refractivity contribution < 1.29 is 9.13 Å². The summed E-state index contributed by atoms with van der Waals surface area (Å²) < 4.78 is 23.7. The second-order valence-electron chi connectivity index (χ2n) is 6.57. The Balaban J connectivity index is 1.48. The van der Waals surface area contributed by atoms with Gasteiger partial charge in [0.05, 0.1) is 9.92 Å². The van der Waals surface area contributed by atoms with Crippen LogP contribution in [0.3, 0.4) is 0 Å². The van der Waals surface area contributed by atoms with Crippen molar-refractivity contribution in [2.24, 2.45) is 0 Å². The Morgan fingerprint density at radius 1 is 1.21 bits per heavy atom. The SMILES string of the molecule is Fc1cc(OC2CCCC[C@H]2c2ccn[nH]2)c(Cl)cc1SNc1ccncn1. The molecule has 1 saturated carbocycles. The van der Waals surface area contributed by atoms with Crippen LogP contribution in [0.5, 0.6) is 5.75 Å². The van der Waals surface area contributed by atoms with Gasteiger partial charge >= 0.3 is 0 Å². The molecule has 3 aromatic rings. The summed E-state index contributed by atoms with van der Waals surface area (Å²) in [7, 11) is 0. The molecule has 1 unspecified atom stereocenters. The topological polar surface area (TPSA) is 75.7 Å². The summed E-state index contributed by atoms with van der Waals surface area (Å²) in [6.07, 6.45) is 8.81. The van der Waals surface area contributed by atoms with Crippen molar-refractivity contribution in [1.82, 2.24) is 20.2 Å². The number of rotatable bonds is 6. The number of aromatic amines is 1. The molecule has 6 nitrogen and oxygen atoms in total. The normalized spacial score (nSPS) is 19.4. The van der Waals surface area contributed by atoms with E-state index in [1.807, 2.05) is 6.07 Å². The zero-order valence-corrected chi connectivity index (χ0v) is 16.5. The first-order valence-electron chi connectivity index (χ1n) is 9.04. The Morgan fingerprint density at radius 2 is 2.11 bits per heavy atom. The summed E-state index contributed by atoms with van der Waals surface area (Å²) in [6, 6.07) is 6.58. The van der Waals surface area contributed by atoms with E-state index in [2.05, 4.69) is 24.9 Å². The minimum atomic E-state index is -0.403. The minimum absolute atomic E-state index is 0.0660. The highest BCUT2D eigenvalue weighted by Crippen LogP contribution is 2.38. The quantitative estimate of drug-likeness (QED) is 0.534. The molecule has 2 N–H and O–H groups in total. The number of halogens is 2. The fraction of sp³-hybridized carbons (Fsp3) is 0.316. The monoisotopic (exact) mass is 419 g/mol. The van der Waals surface area contributed by atoms with Crippen LogP contribution in [0.1, 0.15) is 37.3 Å². The van der Waals surface area contributed by atoms with Gasteiger partial charge in [-0.05, 0) is 49.4 Å². The molecule has 1 aromatic carbocycles. The molecule has 1 fully saturated rings. The summed E-state index contributed by atoms with van der Waals surface area (Å²) >= 11 is 7.50. The third kappa shape index (κ3) is 4.39. The maximum atomic E-state index is 14.6. The van der Waals surface area contributed by atoms with E-state index in [1.54, 1.807) is 24.5 Å². The van der Waals surface area contributed by atoms with Crippen molar-refractivity contribution in [3.8, 4) is 5.75 Å². The number of benzene rings is 1. The van der Waals surface area contributed by atoms with Gasteiger partial charge in [0.2, 0.25) is 0 Å². The van der Waals surface area contributed by atoms with Crippen molar-refractivity contribution in [2.45, 2.75) is 42.6 Å². The van der Waals surface area contributed by atoms with E-state index in [-0.39, 0.29) is 12.0 Å². The van der Waals surface area contributed by atoms with Gasteiger partial charge in [-0.15, -0.1) is 0 Å². The maximum Gasteiger partial charge on any atom is 0.142 e. The second-order valence-corrected chi connectivity index (χ2v) is 7.83. The van der Waals surface area contributed by atoms with Gasteiger partial charge in [0.1, 0.15) is 29.8 Å². The van der Waals surface area contributed by atoms with E-state index < -0.39 is 5.82 Å². The number of hydrogen-bond donors (Lipinski definition) is 2. The summed E-state index contributed by atoms with van der Waals surface area (Å²) in [6.45, 7) is 0. The lowest BCUT2D eigenvalue weighted by molar-refractivity contribution is 0.128.